The lowest BCUT2D eigenvalue weighted by Crippen LogP contribution is -2.15. The summed E-state index contributed by atoms with van der Waals surface area (Å²) < 4.78 is 32.3. The molecule has 0 aliphatic carbocycles. The summed E-state index contributed by atoms with van der Waals surface area (Å²) in [5, 5.41) is 2.78. The van der Waals surface area contributed by atoms with Gasteiger partial charge in [0.05, 0.1) is 12.0 Å². The van der Waals surface area contributed by atoms with Crippen LogP contribution in [0.4, 0.5) is 11.5 Å². The smallest absolute Gasteiger partial charge is 0.263 e. The van der Waals surface area contributed by atoms with E-state index in [4.69, 9.17) is 4.74 Å². The van der Waals surface area contributed by atoms with Gasteiger partial charge in [0.1, 0.15) is 12.1 Å². The number of carbonyl (C=O) groups is 1. The highest BCUT2D eigenvalue weighted by atomic mass is 32.2. The summed E-state index contributed by atoms with van der Waals surface area (Å²) >= 11 is 0. The molecule has 2 aromatic carbocycles. The van der Waals surface area contributed by atoms with Crippen LogP contribution in [0.25, 0.3) is 0 Å². The van der Waals surface area contributed by atoms with Gasteiger partial charge in [-0.3, -0.25) is 9.52 Å². The molecule has 0 spiro atoms. The number of ether oxygens (including phenoxy) is 1. The van der Waals surface area contributed by atoms with Gasteiger partial charge in [-0.25, -0.2) is 18.4 Å². The van der Waals surface area contributed by atoms with Crippen LogP contribution >= 0.6 is 0 Å². The second-order valence-corrected chi connectivity index (χ2v) is 8.15. The number of nitrogens with zero attached hydrogens (tertiary/aromatic N) is 2. The number of amides is 1. The van der Waals surface area contributed by atoms with Crippen molar-refractivity contribution in [3.63, 3.8) is 0 Å². The standard InChI is InChI=1S/C21H22N4O4S/c1-29-21-14-19(22-15-23-21)25-30(27,28)18-12-10-17(11-13-18)24-20(26)9-5-8-16-6-3-2-4-7-16/h2-4,6-7,10-15H,5,8-9H2,1H3,(H,24,26)(H,22,23,25). The van der Waals surface area contributed by atoms with Crippen molar-refractivity contribution in [2.45, 2.75) is 24.2 Å². The molecule has 2 N–H and O–H groups in total. The number of anilines is 2. The summed E-state index contributed by atoms with van der Waals surface area (Å²) in [6.07, 6.45) is 3.14. The summed E-state index contributed by atoms with van der Waals surface area (Å²) in [4.78, 5) is 19.9. The molecule has 0 aliphatic rings. The second-order valence-electron chi connectivity index (χ2n) is 6.46. The fourth-order valence-corrected chi connectivity index (χ4v) is 3.74. The van der Waals surface area contributed by atoms with Crippen molar-refractivity contribution in [3.8, 4) is 5.88 Å². The predicted molar refractivity (Wildman–Crippen MR) is 114 cm³/mol. The van der Waals surface area contributed by atoms with Gasteiger partial charge in [0.25, 0.3) is 10.0 Å². The Hall–Kier alpha value is -3.46. The van der Waals surface area contributed by atoms with Crippen LogP contribution in [0, 0.1) is 0 Å². The number of hydrogen-bond donors (Lipinski definition) is 2. The van der Waals surface area contributed by atoms with Gasteiger partial charge in [-0.05, 0) is 42.7 Å². The van der Waals surface area contributed by atoms with Crippen molar-refractivity contribution in [2.24, 2.45) is 0 Å². The third-order valence-electron chi connectivity index (χ3n) is 4.25. The van der Waals surface area contributed by atoms with Crippen LogP contribution in [-0.2, 0) is 21.2 Å². The Balaban J connectivity index is 1.55. The molecule has 1 aromatic heterocycles. The Bertz CT molecular complexity index is 1090. The normalized spacial score (nSPS) is 11.0. The monoisotopic (exact) mass is 426 g/mol. The van der Waals surface area contributed by atoms with E-state index < -0.39 is 10.0 Å². The molecule has 0 atom stereocenters. The van der Waals surface area contributed by atoms with Crippen molar-refractivity contribution in [2.75, 3.05) is 17.1 Å². The highest BCUT2D eigenvalue weighted by Gasteiger charge is 2.15. The maximum Gasteiger partial charge on any atom is 0.263 e. The van der Waals surface area contributed by atoms with E-state index in [9.17, 15) is 13.2 Å². The van der Waals surface area contributed by atoms with Crippen LogP contribution in [-0.4, -0.2) is 31.4 Å². The zero-order valence-corrected chi connectivity index (χ0v) is 17.2. The number of sulfonamides is 1. The predicted octanol–water partition coefficient (Wildman–Crippen LogP) is 3.25. The molecule has 1 heterocycles. The van der Waals surface area contributed by atoms with Crippen LogP contribution in [0.1, 0.15) is 18.4 Å². The van der Waals surface area contributed by atoms with E-state index >= 15 is 0 Å². The van der Waals surface area contributed by atoms with Crippen LogP contribution < -0.4 is 14.8 Å². The topological polar surface area (TPSA) is 110 Å². The Morgan fingerprint density at radius 1 is 1.03 bits per heavy atom. The van der Waals surface area contributed by atoms with Gasteiger partial charge < -0.3 is 10.1 Å². The molecule has 3 rings (SSSR count). The van der Waals surface area contributed by atoms with E-state index in [1.54, 1.807) is 12.1 Å². The summed E-state index contributed by atoms with van der Waals surface area (Å²) in [5.74, 6) is 0.221. The van der Waals surface area contributed by atoms with Crippen molar-refractivity contribution in [3.05, 3.63) is 72.6 Å². The van der Waals surface area contributed by atoms with Crippen LogP contribution in [0.2, 0.25) is 0 Å². The van der Waals surface area contributed by atoms with E-state index in [0.717, 1.165) is 12.8 Å². The fraction of sp³-hybridized carbons (Fsp3) is 0.190. The molecule has 9 heteroatoms. The van der Waals surface area contributed by atoms with Crippen molar-refractivity contribution >= 4 is 27.4 Å². The number of rotatable bonds is 9. The number of carbonyl (C=O) groups excluding carboxylic acids is 1. The highest BCUT2D eigenvalue weighted by Crippen LogP contribution is 2.19. The minimum atomic E-state index is -3.84. The van der Waals surface area contributed by atoms with Crippen molar-refractivity contribution in [1.82, 2.24) is 9.97 Å². The molecule has 0 saturated heterocycles. The summed E-state index contributed by atoms with van der Waals surface area (Å²) in [6.45, 7) is 0. The SMILES string of the molecule is COc1cc(NS(=O)(=O)c2ccc(NC(=O)CCCc3ccccc3)cc2)ncn1. The zero-order valence-electron chi connectivity index (χ0n) is 16.4. The zero-order chi connectivity index (χ0) is 21.4. The van der Waals surface area contributed by atoms with E-state index in [-0.39, 0.29) is 22.5 Å². The lowest BCUT2D eigenvalue weighted by molar-refractivity contribution is -0.116. The van der Waals surface area contributed by atoms with Gasteiger partial charge in [0, 0.05) is 18.2 Å². The van der Waals surface area contributed by atoms with Gasteiger partial charge in [-0.1, -0.05) is 30.3 Å². The average Bonchev–Trinajstić information content (AvgIpc) is 2.75. The fourth-order valence-electron chi connectivity index (χ4n) is 2.74. The van der Waals surface area contributed by atoms with E-state index in [0.29, 0.717) is 12.1 Å². The minimum absolute atomic E-state index is 0.0437. The minimum Gasteiger partial charge on any atom is -0.481 e. The number of hydrogen-bond acceptors (Lipinski definition) is 6. The Labute approximate surface area is 175 Å². The molecule has 1 amide bonds. The molecule has 0 aliphatic heterocycles. The number of nitrogens with one attached hydrogen (secondary N) is 2. The maximum absolute atomic E-state index is 12.5. The Kier molecular flexibility index (Phi) is 6.97. The molecule has 8 nitrogen and oxygen atoms in total. The van der Waals surface area contributed by atoms with Crippen LogP contribution in [0.5, 0.6) is 5.88 Å². The van der Waals surface area contributed by atoms with E-state index in [1.165, 1.54) is 37.2 Å². The average molecular weight is 426 g/mol. The molecule has 0 radical (unpaired) electrons. The maximum atomic E-state index is 12.5. The number of aromatic nitrogens is 2. The van der Waals surface area contributed by atoms with Crippen LogP contribution in [0.3, 0.4) is 0 Å². The van der Waals surface area contributed by atoms with E-state index in [2.05, 4.69) is 20.0 Å². The second kappa shape index (κ2) is 9.84. The molecule has 0 saturated carbocycles. The van der Waals surface area contributed by atoms with Crippen molar-refractivity contribution < 1.29 is 17.9 Å². The molecule has 3 aromatic rings. The quantitative estimate of drug-likeness (QED) is 0.543. The van der Waals surface area contributed by atoms with Gasteiger partial charge in [-0.2, -0.15) is 0 Å². The molecular formula is C21H22N4O4S. The van der Waals surface area contributed by atoms with E-state index in [1.807, 2.05) is 30.3 Å². The first-order valence-electron chi connectivity index (χ1n) is 9.29. The van der Waals surface area contributed by atoms with Gasteiger partial charge >= 0.3 is 0 Å². The molecular weight excluding hydrogens is 404 g/mol. The molecule has 0 unspecified atom stereocenters. The largest absolute Gasteiger partial charge is 0.481 e. The number of aryl methyl sites for hydroxylation is 1. The Morgan fingerprint density at radius 3 is 2.47 bits per heavy atom. The molecule has 0 bridgehead atoms. The number of benzene rings is 2. The first-order chi connectivity index (χ1) is 14.5. The van der Waals surface area contributed by atoms with Gasteiger partial charge in [-0.15, -0.1) is 0 Å². The van der Waals surface area contributed by atoms with Gasteiger partial charge in [0.15, 0.2) is 0 Å². The molecule has 30 heavy (non-hydrogen) atoms. The lowest BCUT2D eigenvalue weighted by atomic mass is 10.1. The molecule has 156 valence electrons. The summed E-state index contributed by atoms with van der Waals surface area (Å²) in [7, 11) is -2.41. The highest BCUT2D eigenvalue weighted by molar-refractivity contribution is 7.92. The third kappa shape index (κ3) is 6.02. The first-order valence-corrected chi connectivity index (χ1v) is 10.8. The van der Waals surface area contributed by atoms with Crippen molar-refractivity contribution in [1.29, 1.82) is 0 Å². The van der Waals surface area contributed by atoms with Crippen LogP contribution in [0.15, 0.2) is 71.9 Å². The summed E-state index contributed by atoms with van der Waals surface area (Å²) in [5.41, 5.74) is 1.72. The first kappa shape index (κ1) is 21.3. The summed E-state index contributed by atoms with van der Waals surface area (Å²) in [6, 6.07) is 17.3. The third-order valence-corrected chi connectivity index (χ3v) is 5.62. The van der Waals surface area contributed by atoms with Gasteiger partial charge in [0.2, 0.25) is 11.8 Å². The number of methoxy groups -OCH3 is 1. The molecule has 0 fully saturated rings. The Morgan fingerprint density at radius 2 is 1.77 bits per heavy atom. The lowest BCUT2D eigenvalue weighted by Gasteiger charge is -2.09.